The Balaban J connectivity index is 1.92. The molecule has 1 fully saturated rings. The van der Waals surface area contributed by atoms with E-state index < -0.39 is 11.7 Å². The molecular weight excluding hydrogens is 329 g/mol. The number of halogens is 4. The number of piperidine rings is 1. The Labute approximate surface area is 138 Å². The van der Waals surface area contributed by atoms with Gasteiger partial charge in [-0.2, -0.15) is 13.2 Å². The summed E-state index contributed by atoms with van der Waals surface area (Å²) in [6, 6.07) is 3.57. The second-order valence-corrected chi connectivity index (χ2v) is 6.39. The average molecular weight is 349 g/mol. The van der Waals surface area contributed by atoms with Gasteiger partial charge in [-0.1, -0.05) is 18.5 Å². The third-order valence-corrected chi connectivity index (χ3v) is 4.19. The molecule has 128 valence electrons. The summed E-state index contributed by atoms with van der Waals surface area (Å²) in [6.45, 7) is 3.72. The summed E-state index contributed by atoms with van der Waals surface area (Å²) >= 11 is 5.63. The number of alkyl halides is 3. The number of benzene rings is 1. The van der Waals surface area contributed by atoms with Crippen LogP contribution in [0.2, 0.25) is 5.02 Å². The summed E-state index contributed by atoms with van der Waals surface area (Å²) in [5.74, 6) is 0.459. The maximum atomic E-state index is 13.0. The number of anilines is 1. The minimum absolute atomic E-state index is 0.0217. The highest BCUT2D eigenvalue weighted by molar-refractivity contribution is 6.30. The van der Waals surface area contributed by atoms with Crippen molar-refractivity contribution in [3.8, 4) is 0 Å². The number of hydrogen-bond donors (Lipinski definition) is 1. The van der Waals surface area contributed by atoms with Crippen molar-refractivity contribution in [3.05, 3.63) is 28.8 Å². The normalized spacial score (nSPS) is 18.8. The standard InChI is InChI=1S/C16H20ClF3N2O/c1-11-3-2-8-22(10-11)15(23)6-7-21-14-5-4-12(17)9-13(14)16(18,19)20/h4-5,9,11,21H,2-3,6-8,10H2,1H3. The predicted molar refractivity (Wildman–Crippen MR) is 84.5 cm³/mol. The second kappa shape index (κ2) is 7.43. The summed E-state index contributed by atoms with van der Waals surface area (Å²) in [5.41, 5.74) is -0.870. The van der Waals surface area contributed by atoms with Crippen molar-refractivity contribution in [1.29, 1.82) is 0 Å². The van der Waals surface area contributed by atoms with Gasteiger partial charge in [0.2, 0.25) is 5.91 Å². The topological polar surface area (TPSA) is 32.3 Å². The van der Waals surface area contributed by atoms with Crippen LogP contribution in [0.5, 0.6) is 0 Å². The maximum absolute atomic E-state index is 13.0. The van der Waals surface area contributed by atoms with E-state index in [9.17, 15) is 18.0 Å². The van der Waals surface area contributed by atoms with E-state index in [1.165, 1.54) is 12.1 Å². The molecule has 0 radical (unpaired) electrons. The molecule has 0 bridgehead atoms. The van der Waals surface area contributed by atoms with E-state index >= 15 is 0 Å². The Bertz CT molecular complexity index is 563. The summed E-state index contributed by atoms with van der Waals surface area (Å²) in [4.78, 5) is 13.9. The van der Waals surface area contributed by atoms with E-state index in [1.54, 1.807) is 4.90 Å². The molecule has 2 rings (SSSR count). The second-order valence-electron chi connectivity index (χ2n) is 5.95. The molecule has 1 N–H and O–H groups in total. The number of amides is 1. The van der Waals surface area contributed by atoms with Gasteiger partial charge in [-0.25, -0.2) is 0 Å². The first-order valence-corrected chi connectivity index (χ1v) is 8.03. The molecule has 1 unspecified atom stereocenters. The van der Waals surface area contributed by atoms with E-state index in [0.29, 0.717) is 5.92 Å². The van der Waals surface area contributed by atoms with E-state index in [4.69, 9.17) is 11.6 Å². The molecule has 1 aliphatic heterocycles. The maximum Gasteiger partial charge on any atom is 0.418 e. The molecule has 1 saturated heterocycles. The first kappa shape index (κ1) is 17.9. The smallest absolute Gasteiger partial charge is 0.384 e. The van der Waals surface area contributed by atoms with Gasteiger partial charge >= 0.3 is 6.18 Å². The van der Waals surface area contributed by atoms with Gasteiger partial charge in [-0.3, -0.25) is 4.79 Å². The molecular formula is C16H20ClF3N2O. The zero-order chi connectivity index (χ0) is 17.0. The number of likely N-dealkylation sites (tertiary alicyclic amines) is 1. The minimum Gasteiger partial charge on any atom is -0.384 e. The molecule has 1 amide bonds. The third kappa shape index (κ3) is 5.03. The van der Waals surface area contributed by atoms with Gasteiger partial charge in [0.15, 0.2) is 0 Å². The molecule has 1 aromatic carbocycles. The summed E-state index contributed by atoms with van der Waals surface area (Å²) < 4.78 is 38.9. The van der Waals surface area contributed by atoms with Crippen LogP contribution in [-0.2, 0) is 11.0 Å². The first-order chi connectivity index (χ1) is 10.8. The lowest BCUT2D eigenvalue weighted by Crippen LogP contribution is -2.39. The van der Waals surface area contributed by atoms with Crippen LogP contribution in [-0.4, -0.2) is 30.4 Å². The molecule has 1 aliphatic rings. The van der Waals surface area contributed by atoms with Gasteiger partial charge in [0.1, 0.15) is 0 Å². The van der Waals surface area contributed by atoms with Gasteiger partial charge in [0.25, 0.3) is 0 Å². The van der Waals surface area contributed by atoms with E-state index in [2.05, 4.69) is 12.2 Å². The highest BCUT2D eigenvalue weighted by Gasteiger charge is 2.33. The Morgan fingerprint density at radius 1 is 1.43 bits per heavy atom. The zero-order valence-electron chi connectivity index (χ0n) is 12.9. The highest BCUT2D eigenvalue weighted by atomic mass is 35.5. The largest absolute Gasteiger partial charge is 0.418 e. The zero-order valence-corrected chi connectivity index (χ0v) is 13.7. The van der Waals surface area contributed by atoms with Crippen molar-refractivity contribution in [2.24, 2.45) is 5.92 Å². The number of carbonyl (C=O) groups excluding carboxylic acids is 1. The van der Waals surface area contributed by atoms with E-state index in [0.717, 1.165) is 32.0 Å². The lowest BCUT2D eigenvalue weighted by Gasteiger charge is -2.31. The van der Waals surface area contributed by atoms with Crippen LogP contribution in [0.15, 0.2) is 18.2 Å². The van der Waals surface area contributed by atoms with Crippen LogP contribution in [0.3, 0.4) is 0 Å². The van der Waals surface area contributed by atoms with E-state index in [-0.39, 0.29) is 29.6 Å². The fourth-order valence-electron chi connectivity index (χ4n) is 2.78. The fraction of sp³-hybridized carbons (Fsp3) is 0.562. The number of nitrogens with zero attached hydrogens (tertiary/aromatic N) is 1. The summed E-state index contributed by atoms with van der Waals surface area (Å²) in [6.07, 6.45) is -2.22. The lowest BCUT2D eigenvalue weighted by molar-refractivity contribution is -0.137. The molecule has 1 atom stereocenters. The minimum atomic E-state index is -4.49. The monoisotopic (exact) mass is 348 g/mol. The van der Waals surface area contributed by atoms with Gasteiger partial charge < -0.3 is 10.2 Å². The lowest BCUT2D eigenvalue weighted by atomic mass is 10.00. The molecule has 1 heterocycles. The molecule has 23 heavy (non-hydrogen) atoms. The molecule has 1 aromatic rings. The molecule has 3 nitrogen and oxygen atoms in total. The Morgan fingerprint density at radius 2 is 2.17 bits per heavy atom. The van der Waals surface area contributed by atoms with Crippen molar-refractivity contribution in [1.82, 2.24) is 4.90 Å². The Kier molecular flexibility index (Phi) is 5.79. The Morgan fingerprint density at radius 3 is 2.83 bits per heavy atom. The average Bonchev–Trinajstić information content (AvgIpc) is 2.47. The summed E-state index contributed by atoms with van der Waals surface area (Å²) in [7, 11) is 0. The van der Waals surface area contributed by atoms with Crippen molar-refractivity contribution in [3.63, 3.8) is 0 Å². The van der Waals surface area contributed by atoms with Crippen LogP contribution in [0.25, 0.3) is 0 Å². The van der Waals surface area contributed by atoms with Crippen LogP contribution >= 0.6 is 11.6 Å². The van der Waals surface area contributed by atoms with Crippen molar-refractivity contribution < 1.29 is 18.0 Å². The van der Waals surface area contributed by atoms with Crippen molar-refractivity contribution >= 4 is 23.2 Å². The highest BCUT2D eigenvalue weighted by Crippen LogP contribution is 2.36. The number of carbonyl (C=O) groups is 1. The Hall–Kier alpha value is -1.43. The quantitative estimate of drug-likeness (QED) is 0.873. The third-order valence-electron chi connectivity index (χ3n) is 3.95. The molecule has 7 heteroatoms. The van der Waals surface area contributed by atoms with Gasteiger partial charge in [-0.05, 0) is 37.0 Å². The first-order valence-electron chi connectivity index (χ1n) is 7.66. The van der Waals surface area contributed by atoms with Crippen molar-refractivity contribution in [2.45, 2.75) is 32.4 Å². The number of rotatable bonds is 4. The summed E-state index contributed by atoms with van der Waals surface area (Å²) in [5, 5.41) is 2.73. The van der Waals surface area contributed by atoms with Crippen LogP contribution in [0.1, 0.15) is 31.7 Å². The van der Waals surface area contributed by atoms with Gasteiger partial charge in [0.05, 0.1) is 5.56 Å². The van der Waals surface area contributed by atoms with Gasteiger partial charge in [0, 0.05) is 36.8 Å². The molecule has 0 saturated carbocycles. The molecule has 0 spiro atoms. The van der Waals surface area contributed by atoms with Crippen LogP contribution in [0, 0.1) is 5.92 Å². The fourth-order valence-corrected chi connectivity index (χ4v) is 2.96. The van der Waals surface area contributed by atoms with Crippen LogP contribution in [0.4, 0.5) is 18.9 Å². The molecule has 0 aromatic heterocycles. The van der Waals surface area contributed by atoms with Crippen molar-refractivity contribution in [2.75, 3.05) is 25.0 Å². The van der Waals surface area contributed by atoms with E-state index in [1.807, 2.05) is 0 Å². The number of hydrogen-bond acceptors (Lipinski definition) is 2. The number of nitrogens with one attached hydrogen (secondary N) is 1. The molecule has 0 aliphatic carbocycles. The SMILES string of the molecule is CC1CCCN(C(=O)CCNc2ccc(Cl)cc2C(F)(F)F)C1. The predicted octanol–water partition coefficient (Wildman–Crippen LogP) is 4.42. The van der Waals surface area contributed by atoms with Gasteiger partial charge in [-0.15, -0.1) is 0 Å². The van der Waals surface area contributed by atoms with Crippen LogP contribution < -0.4 is 5.32 Å².